The van der Waals surface area contributed by atoms with Crippen LogP contribution in [0.1, 0.15) is 44.5 Å². The molecule has 1 aromatic heterocycles. The lowest BCUT2D eigenvalue weighted by atomic mass is 9.84. The minimum Gasteiger partial charge on any atom is -0.357 e. The molecule has 8 heteroatoms. The van der Waals surface area contributed by atoms with Crippen LogP contribution in [-0.2, 0) is 11.8 Å². The van der Waals surface area contributed by atoms with Gasteiger partial charge in [0.25, 0.3) is 0 Å². The van der Waals surface area contributed by atoms with E-state index in [0.29, 0.717) is 29.7 Å². The van der Waals surface area contributed by atoms with Crippen LogP contribution in [0.2, 0.25) is 5.02 Å². The molecular weight excluding hydrogens is 369 g/mol. The molecule has 0 aliphatic rings. The van der Waals surface area contributed by atoms with Gasteiger partial charge in [0.15, 0.2) is 11.8 Å². The molecule has 1 aromatic carbocycles. The Morgan fingerprint density at radius 2 is 2.11 bits per heavy atom. The number of guanidine groups is 1. The molecule has 27 heavy (non-hydrogen) atoms. The fourth-order valence-electron chi connectivity index (χ4n) is 2.63. The quantitative estimate of drug-likeness (QED) is 0.405. The predicted octanol–water partition coefficient (Wildman–Crippen LogP) is 3.64. The molecule has 2 aromatic rings. The number of benzene rings is 1. The zero-order valence-electron chi connectivity index (χ0n) is 16.3. The molecule has 0 bridgehead atoms. The fourth-order valence-corrected chi connectivity index (χ4v) is 3.05. The third-order valence-electron chi connectivity index (χ3n) is 4.07. The number of nitrogens with one attached hydrogen (secondary N) is 2. The molecule has 0 unspecified atom stereocenters. The minimum absolute atomic E-state index is 0.325. The number of halogens is 2. The van der Waals surface area contributed by atoms with Gasteiger partial charge in [-0.1, -0.05) is 36.7 Å². The van der Waals surface area contributed by atoms with Crippen LogP contribution in [0.5, 0.6) is 0 Å². The van der Waals surface area contributed by atoms with Gasteiger partial charge in [-0.05, 0) is 38.0 Å². The lowest BCUT2D eigenvalue weighted by molar-refractivity contribution is 0.372. The molecule has 0 aliphatic heterocycles. The molecule has 0 fully saturated rings. The fraction of sp³-hybridized carbons (Fsp3) is 0.526. The first-order valence-electron chi connectivity index (χ1n) is 9.08. The van der Waals surface area contributed by atoms with Gasteiger partial charge in [-0.25, -0.2) is 4.39 Å². The Kier molecular flexibility index (Phi) is 7.59. The Labute approximate surface area is 164 Å². The summed E-state index contributed by atoms with van der Waals surface area (Å²) in [6.45, 7) is 9.89. The third-order valence-corrected chi connectivity index (χ3v) is 4.38. The average Bonchev–Trinajstić information content (AvgIpc) is 3.01. The maximum Gasteiger partial charge on any atom is 0.226 e. The largest absolute Gasteiger partial charge is 0.357 e. The summed E-state index contributed by atoms with van der Waals surface area (Å²) in [5, 5.41) is 10.7. The minimum atomic E-state index is -0.338. The molecule has 0 atom stereocenters. The van der Waals surface area contributed by atoms with Gasteiger partial charge in [-0.15, -0.1) is 0 Å². The van der Waals surface area contributed by atoms with E-state index in [1.807, 2.05) is 20.8 Å². The summed E-state index contributed by atoms with van der Waals surface area (Å²) in [4.78, 5) is 8.85. The van der Waals surface area contributed by atoms with Crippen molar-refractivity contribution in [1.29, 1.82) is 0 Å². The number of rotatable bonds is 8. The van der Waals surface area contributed by atoms with Crippen LogP contribution in [0, 0.1) is 12.7 Å². The summed E-state index contributed by atoms with van der Waals surface area (Å²) < 4.78 is 18.4. The number of aryl methyl sites for hydroxylation is 2. The predicted molar refractivity (Wildman–Crippen MR) is 106 cm³/mol. The highest BCUT2D eigenvalue weighted by atomic mass is 35.5. The standard InChI is InChI=1S/C19H27ClFN5O/c1-5-22-18(23-10-6-7-17-25-13(2)26-27-17)24-12-19(3,4)15-9-8-14(21)11-16(15)20/h8-9,11H,5-7,10,12H2,1-4H3,(H2,22,23,24). The van der Waals surface area contributed by atoms with E-state index in [4.69, 9.17) is 16.1 Å². The zero-order valence-corrected chi connectivity index (χ0v) is 17.0. The van der Waals surface area contributed by atoms with Gasteiger partial charge >= 0.3 is 0 Å². The molecule has 1 heterocycles. The number of nitrogens with zero attached hydrogens (tertiary/aromatic N) is 3. The maximum atomic E-state index is 13.3. The monoisotopic (exact) mass is 395 g/mol. The van der Waals surface area contributed by atoms with Crippen LogP contribution in [-0.4, -0.2) is 35.7 Å². The Morgan fingerprint density at radius 3 is 2.74 bits per heavy atom. The van der Waals surface area contributed by atoms with Gasteiger partial charge in [-0.2, -0.15) is 4.98 Å². The van der Waals surface area contributed by atoms with Crippen molar-refractivity contribution >= 4 is 17.6 Å². The Hall–Kier alpha value is -2.15. The number of aromatic nitrogens is 2. The molecule has 0 radical (unpaired) electrons. The molecule has 148 valence electrons. The van der Waals surface area contributed by atoms with Gasteiger partial charge in [0.05, 0.1) is 6.54 Å². The highest BCUT2D eigenvalue weighted by Gasteiger charge is 2.23. The first kappa shape index (κ1) is 21.2. The summed E-state index contributed by atoms with van der Waals surface area (Å²) in [5.41, 5.74) is 0.547. The molecule has 2 N–H and O–H groups in total. The van der Waals surface area contributed by atoms with Gasteiger partial charge < -0.3 is 15.2 Å². The van der Waals surface area contributed by atoms with E-state index in [9.17, 15) is 4.39 Å². The van der Waals surface area contributed by atoms with E-state index in [-0.39, 0.29) is 11.2 Å². The van der Waals surface area contributed by atoms with Crippen molar-refractivity contribution in [1.82, 2.24) is 20.8 Å². The van der Waals surface area contributed by atoms with E-state index in [1.165, 1.54) is 12.1 Å². The Bertz CT molecular complexity index is 775. The molecule has 0 amide bonds. The lowest BCUT2D eigenvalue weighted by Crippen LogP contribution is -2.39. The first-order chi connectivity index (χ1) is 12.8. The summed E-state index contributed by atoms with van der Waals surface area (Å²) in [6.07, 6.45) is 1.56. The van der Waals surface area contributed by atoms with Crippen molar-refractivity contribution in [3.63, 3.8) is 0 Å². The van der Waals surface area contributed by atoms with Gasteiger partial charge in [0, 0.05) is 29.9 Å². The summed E-state index contributed by atoms with van der Waals surface area (Å²) in [7, 11) is 0. The van der Waals surface area contributed by atoms with Gasteiger partial charge in [0.1, 0.15) is 5.82 Å². The average molecular weight is 396 g/mol. The van der Waals surface area contributed by atoms with Gasteiger partial charge in [-0.3, -0.25) is 4.99 Å². The first-order valence-corrected chi connectivity index (χ1v) is 9.46. The van der Waals surface area contributed by atoms with Crippen molar-refractivity contribution in [2.75, 3.05) is 19.6 Å². The van der Waals surface area contributed by atoms with E-state index < -0.39 is 0 Å². The molecular formula is C19H27ClFN5O. The second kappa shape index (κ2) is 9.69. The van der Waals surface area contributed by atoms with Crippen molar-refractivity contribution < 1.29 is 8.91 Å². The van der Waals surface area contributed by atoms with Crippen LogP contribution >= 0.6 is 11.6 Å². The van der Waals surface area contributed by atoms with E-state index >= 15 is 0 Å². The Balaban J connectivity index is 1.92. The van der Waals surface area contributed by atoms with Crippen molar-refractivity contribution in [3.05, 3.63) is 46.3 Å². The molecule has 0 spiro atoms. The molecule has 0 saturated carbocycles. The number of hydrogen-bond donors (Lipinski definition) is 2. The Morgan fingerprint density at radius 1 is 1.33 bits per heavy atom. The van der Waals surface area contributed by atoms with Crippen LogP contribution in [0.4, 0.5) is 4.39 Å². The van der Waals surface area contributed by atoms with Crippen molar-refractivity contribution in [2.45, 2.75) is 46.0 Å². The number of aliphatic imine (C=N–C) groups is 1. The topological polar surface area (TPSA) is 75.3 Å². The second-order valence-corrected chi connectivity index (χ2v) is 7.38. The highest BCUT2D eigenvalue weighted by Crippen LogP contribution is 2.30. The van der Waals surface area contributed by atoms with Crippen molar-refractivity contribution in [2.24, 2.45) is 4.99 Å². The summed E-state index contributed by atoms with van der Waals surface area (Å²) >= 11 is 6.21. The van der Waals surface area contributed by atoms with E-state index in [0.717, 1.165) is 31.0 Å². The second-order valence-electron chi connectivity index (χ2n) is 6.97. The molecule has 6 nitrogen and oxygen atoms in total. The van der Waals surface area contributed by atoms with Crippen LogP contribution in [0.25, 0.3) is 0 Å². The SMILES string of the molecule is CCNC(=NCC(C)(C)c1ccc(F)cc1Cl)NCCCc1nc(C)no1. The normalized spacial score (nSPS) is 12.3. The lowest BCUT2D eigenvalue weighted by Gasteiger charge is -2.25. The molecule has 2 rings (SSSR count). The van der Waals surface area contributed by atoms with Gasteiger partial charge in [0.2, 0.25) is 5.89 Å². The third kappa shape index (κ3) is 6.50. The number of hydrogen-bond acceptors (Lipinski definition) is 4. The van der Waals surface area contributed by atoms with Crippen LogP contribution < -0.4 is 10.6 Å². The van der Waals surface area contributed by atoms with Crippen LogP contribution in [0.3, 0.4) is 0 Å². The van der Waals surface area contributed by atoms with Crippen LogP contribution in [0.15, 0.2) is 27.7 Å². The maximum absolute atomic E-state index is 13.3. The smallest absolute Gasteiger partial charge is 0.226 e. The van der Waals surface area contributed by atoms with E-state index in [2.05, 4.69) is 25.8 Å². The van der Waals surface area contributed by atoms with Crippen molar-refractivity contribution in [3.8, 4) is 0 Å². The molecule has 0 aliphatic carbocycles. The zero-order chi connectivity index (χ0) is 19.9. The summed E-state index contributed by atoms with van der Waals surface area (Å²) in [6, 6.07) is 4.49. The molecule has 0 saturated heterocycles. The highest BCUT2D eigenvalue weighted by molar-refractivity contribution is 6.31. The van der Waals surface area contributed by atoms with E-state index in [1.54, 1.807) is 13.0 Å². The summed E-state index contributed by atoms with van der Waals surface area (Å²) in [5.74, 6) is 1.68.